The molecule has 1 saturated carbocycles. The molecule has 1 amide bonds. The molecule has 2 aliphatic rings. The summed E-state index contributed by atoms with van der Waals surface area (Å²) in [7, 11) is 0. The third kappa shape index (κ3) is 3.57. The first-order chi connectivity index (χ1) is 13.0. The lowest BCUT2D eigenvalue weighted by Crippen LogP contribution is -2.31. The van der Waals surface area contributed by atoms with Gasteiger partial charge in [0.2, 0.25) is 0 Å². The molecule has 6 heteroatoms. The largest absolute Gasteiger partial charge is 0.490 e. The lowest BCUT2D eigenvalue weighted by Gasteiger charge is -2.25. The maximum absolute atomic E-state index is 11.4. The second-order valence-corrected chi connectivity index (χ2v) is 7.99. The maximum Gasteiger partial charge on any atom is 0.407 e. The number of hydrogen-bond acceptors (Lipinski definition) is 3. The van der Waals surface area contributed by atoms with Crippen molar-refractivity contribution in [1.29, 1.82) is 0 Å². The molecule has 1 aromatic heterocycles. The Balaban J connectivity index is 1.77. The zero-order valence-corrected chi connectivity index (χ0v) is 16.4. The minimum Gasteiger partial charge on any atom is -0.490 e. The molecular formula is C21H25ClN2O3. The van der Waals surface area contributed by atoms with Crippen molar-refractivity contribution in [3.63, 3.8) is 0 Å². The smallest absolute Gasteiger partial charge is 0.407 e. The second kappa shape index (κ2) is 7.55. The van der Waals surface area contributed by atoms with Crippen LogP contribution in [0.3, 0.4) is 0 Å². The first kappa shape index (κ1) is 18.4. The molecule has 1 N–H and O–H groups in total. The van der Waals surface area contributed by atoms with Gasteiger partial charge in [-0.3, -0.25) is 4.98 Å². The van der Waals surface area contributed by atoms with E-state index in [1.807, 2.05) is 12.1 Å². The average Bonchev–Trinajstić information content (AvgIpc) is 2.88. The number of aryl methyl sites for hydroxylation is 1. The van der Waals surface area contributed by atoms with Gasteiger partial charge in [0.25, 0.3) is 0 Å². The van der Waals surface area contributed by atoms with E-state index in [1.165, 1.54) is 24.2 Å². The number of ether oxygens (including phenoxy) is 1. The molecule has 0 atom stereocenters. The van der Waals surface area contributed by atoms with E-state index in [9.17, 15) is 9.90 Å². The Morgan fingerprint density at radius 3 is 2.70 bits per heavy atom. The molecule has 1 aliphatic heterocycles. The molecule has 5 nitrogen and oxygen atoms in total. The van der Waals surface area contributed by atoms with Crippen molar-refractivity contribution < 1.29 is 14.6 Å². The number of aromatic nitrogens is 1. The van der Waals surface area contributed by atoms with Gasteiger partial charge < -0.3 is 14.7 Å². The van der Waals surface area contributed by atoms with Crippen molar-refractivity contribution in [1.82, 2.24) is 9.88 Å². The first-order valence-electron chi connectivity index (χ1n) is 9.79. The highest BCUT2D eigenvalue weighted by molar-refractivity contribution is 6.35. The zero-order valence-electron chi connectivity index (χ0n) is 15.6. The van der Waals surface area contributed by atoms with E-state index < -0.39 is 6.09 Å². The van der Waals surface area contributed by atoms with Gasteiger partial charge >= 0.3 is 6.09 Å². The number of benzene rings is 1. The van der Waals surface area contributed by atoms with Crippen molar-refractivity contribution >= 4 is 28.6 Å². The summed E-state index contributed by atoms with van der Waals surface area (Å²) in [6.07, 6.45) is 6.57. The Bertz CT molecular complexity index is 878. The lowest BCUT2D eigenvalue weighted by atomic mass is 9.96. The Hall–Kier alpha value is -2.01. The van der Waals surface area contributed by atoms with Gasteiger partial charge in [0, 0.05) is 30.6 Å². The fraction of sp³-hybridized carbons (Fsp3) is 0.524. The van der Waals surface area contributed by atoms with Gasteiger partial charge in [-0.2, -0.15) is 0 Å². The molecule has 0 radical (unpaired) electrons. The minimum absolute atomic E-state index is 0.254. The highest BCUT2D eigenvalue weighted by atomic mass is 35.5. The van der Waals surface area contributed by atoms with E-state index in [2.05, 4.69) is 6.92 Å². The van der Waals surface area contributed by atoms with Crippen LogP contribution in [0.15, 0.2) is 12.1 Å². The number of carbonyl (C=O) groups is 1. The number of fused-ring (bicyclic) bond motifs is 2. The van der Waals surface area contributed by atoms with Gasteiger partial charge in [-0.1, -0.05) is 18.0 Å². The third-order valence-corrected chi connectivity index (χ3v) is 6.18. The molecule has 2 heterocycles. The number of hydrogen-bond donors (Lipinski definition) is 1. The van der Waals surface area contributed by atoms with Crippen LogP contribution in [-0.4, -0.2) is 40.3 Å². The Kier molecular flexibility index (Phi) is 5.13. The van der Waals surface area contributed by atoms with E-state index in [0.29, 0.717) is 31.0 Å². The van der Waals surface area contributed by atoms with E-state index in [0.717, 1.165) is 46.3 Å². The van der Waals surface area contributed by atoms with Crippen LogP contribution in [0.25, 0.3) is 10.9 Å². The van der Waals surface area contributed by atoms with Gasteiger partial charge in [-0.15, -0.1) is 0 Å². The summed E-state index contributed by atoms with van der Waals surface area (Å²) < 4.78 is 6.38. The number of carboxylic acid groups (broad SMARTS) is 1. The monoisotopic (exact) mass is 388 g/mol. The van der Waals surface area contributed by atoms with E-state index in [-0.39, 0.29) is 6.10 Å². The summed E-state index contributed by atoms with van der Waals surface area (Å²) in [6, 6.07) is 3.82. The van der Waals surface area contributed by atoms with Crippen LogP contribution >= 0.6 is 11.6 Å². The Labute approximate surface area is 164 Å². The predicted molar refractivity (Wildman–Crippen MR) is 106 cm³/mol. The molecule has 0 spiro atoms. The number of rotatable bonds is 2. The number of nitrogens with zero attached hydrogens (tertiary/aromatic N) is 2. The second-order valence-electron chi connectivity index (χ2n) is 7.58. The number of amides is 1. The zero-order chi connectivity index (χ0) is 19.0. The van der Waals surface area contributed by atoms with Crippen LogP contribution in [-0.2, 0) is 12.8 Å². The van der Waals surface area contributed by atoms with E-state index in [4.69, 9.17) is 21.3 Å². The van der Waals surface area contributed by atoms with Gasteiger partial charge in [0.1, 0.15) is 5.75 Å². The molecule has 27 heavy (non-hydrogen) atoms. The highest BCUT2D eigenvalue weighted by Crippen LogP contribution is 2.37. The maximum atomic E-state index is 11.4. The molecule has 1 aliphatic carbocycles. The Morgan fingerprint density at radius 2 is 1.96 bits per heavy atom. The van der Waals surface area contributed by atoms with Crippen LogP contribution in [0, 0.1) is 6.92 Å². The van der Waals surface area contributed by atoms with Crippen LogP contribution in [0.5, 0.6) is 5.75 Å². The van der Waals surface area contributed by atoms with Crippen molar-refractivity contribution in [2.75, 3.05) is 13.1 Å². The van der Waals surface area contributed by atoms with E-state index >= 15 is 0 Å². The Morgan fingerprint density at radius 1 is 1.22 bits per heavy atom. The standard InChI is InChI=1S/C21H25ClN2O3/c1-13-15-9-11-24(21(25)26)12-10-17(15)23-20-16(22)7-8-18(19(13)20)27-14-5-3-2-4-6-14/h7-8,14H,2-6,9-12H2,1H3,(H,25,26). The van der Waals surface area contributed by atoms with Crippen LogP contribution < -0.4 is 4.74 Å². The molecule has 0 saturated heterocycles. The summed E-state index contributed by atoms with van der Waals surface area (Å²) >= 11 is 6.48. The molecule has 0 bridgehead atoms. The van der Waals surface area contributed by atoms with E-state index in [1.54, 1.807) is 0 Å². The van der Waals surface area contributed by atoms with Gasteiger partial charge in [0.15, 0.2) is 0 Å². The molecular weight excluding hydrogens is 364 g/mol. The molecule has 4 rings (SSSR count). The fourth-order valence-electron chi connectivity index (χ4n) is 4.38. The van der Waals surface area contributed by atoms with Crippen molar-refractivity contribution in [3.8, 4) is 5.75 Å². The third-order valence-electron chi connectivity index (χ3n) is 5.88. The summed E-state index contributed by atoms with van der Waals surface area (Å²) in [6.45, 7) is 3.05. The number of halogens is 1. The normalized spacial score (nSPS) is 18.2. The fourth-order valence-corrected chi connectivity index (χ4v) is 4.58. The summed E-state index contributed by atoms with van der Waals surface area (Å²) in [5, 5.41) is 10.9. The highest BCUT2D eigenvalue weighted by Gasteiger charge is 2.24. The summed E-state index contributed by atoms with van der Waals surface area (Å²) in [5.41, 5.74) is 3.99. The number of pyridine rings is 1. The molecule has 2 aromatic rings. The van der Waals surface area contributed by atoms with Crippen LogP contribution in [0.2, 0.25) is 5.02 Å². The van der Waals surface area contributed by atoms with Crippen LogP contribution in [0.4, 0.5) is 4.79 Å². The van der Waals surface area contributed by atoms with Crippen molar-refractivity contribution in [2.24, 2.45) is 0 Å². The topological polar surface area (TPSA) is 62.7 Å². The quantitative estimate of drug-likeness (QED) is 0.787. The summed E-state index contributed by atoms with van der Waals surface area (Å²) in [4.78, 5) is 17.7. The average molecular weight is 389 g/mol. The molecule has 1 aromatic carbocycles. The van der Waals surface area contributed by atoms with Gasteiger partial charge in [-0.25, -0.2) is 4.79 Å². The lowest BCUT2D eigenvalue weighted by molar-refractivity contribution is 0.147. The van der Waals surface area contributed by atoms with Crippen LogP contribution in [0.1, 0.15) is 48.9 Å². The molecule has 144 valence electrons. The molecule has 0 unspecified atom stereocenters. The minimum atomic E-state index is -0.871. The predicted octanol–water partition coefficient (Wildman–Crippen LogP) is 4.99. The van der Waals surface area contributed by atoms with Gasteiger partial charge in [0.05, 0.1) is 16.6 Å². The SMILES string of the molecule is Cc1c2c(nc3c(Cl)ccc(OC4CCCCC4)c13)CCN(C(=O)O)CC2. The van der Waals surface area contributed by atoms with Gasteiger partial charge in [-0.05, 0) is 62.3 Å². The first-order valence-corrected chi connectivity index (χ1v) is 10.2. The molecule has 1 fully saturated rings. The summed E-state index contributed by atoms with van der Waals surface area (Å²) in [5.74, 6) is 0.855. The van der Waals surface area contributed by atoms with Crippen molar-refractivity contribution in [3.05, 3.63) is 34.0 Å². The van der Waals surface area contributed by atoms with Crippen molar-refractivity contribution in [2.45, 2.75) is 58.0 Å².